The van der Waals surface area contributed by atoms with Gasteiger partial charge in [-0.3, -0.25) is 0 Å². The molecule has 1 nitrogen and oxygen atoms in total. The van der Waals surface area contributed by atoms with E-state index in [0.29, 0.717) is 0 Å². The first kappa shape index (κ1) is 11.0. The van der Waals surface area contributed by atoms with Gasteiger partial charge in [0.25, 0.3) is 0 Å². The molecule has 0 saturated heterocycles. The van der Waals surface area contributed by atoms with Crippen molar-refractivity contribution in [2.45, 2.75) is 6.92 Å². The zero-order valence-corrected chi connectivity index (χ0v) is 5.93. The molecule has 0 bridgehead atoms. The van der Waals surface area contributed by atoms with Gasteiger partial charge in [-0.1, -0.05) is 18.7 Å². The maximum absolute atomic E-state index is 8.32. The summed E-state index contributed by atoms with van der Waals surface area (Å²) in [5.74, 6) is 0. The molecule has 0 rings (SSSR count). The van der Waals surface area contributed by atoms with E-state index >= 15 is 0 Å². The molecule has 0 atom stereocenters. The molecule has 0 amide bonds. The van der Waals surface area contributed by atoms with Gasteiger partial charge in [-0.2, -0.15) is 0 Å². The Morgan fingerprint density at radius 3 is 2.11 bits per heavy atom. The molecule has 0 aliphatic heterocycles. The predicted molar refractivity (Wildman–Crippen MR) is 42.3 cm³/mol. The topological polar surface area (TPSA) is 20.2 Å². The molecule has 0 aliphatic carbocycles. The van der Waals surface area contributed by atoms with Gasteiger partial charge in [-0.15, -0.1) is 13.2 Å². The largest absolute Gasteiger partial charge is 0.392 e. The smallest absolute Gasteiger partial charge is 0.0676 e. The standard InChI is InChI=1S/C6H10O.C2H4/c1-3-4-6(2)5-7;1-2/h3-4,7H,2,5H2,1H3;1-2H2/b4-3-;. The molecule has 0 heterocycles. The highest BCUT2D eigenvalue weighted by Gasteiger charge is 1.76. The lowest BCUT2D eigenvalue weighted by molar-refractivity contribution is 0.335. The predicted octanol–water partition coefficient (Wildman–Crippen LogP) is 1.91. The molecule has 9 heavy (non-hydrogen) atoms. The Morgan fingerprint density at radius 2 is 2.00 bits per heavy atom. The van der Waals surface area contributed by atoms with Crippen molar-refractivity contribution in [3.05, 3.63) is 37.5 Å². The van der Waals surface area contributed by atoms with Crippen molar-refractivity contribution in [2.75, 3.05) is 6.61 Å². The van der Waals surface area contributed by atoms with Crippen LogP contribution in [0.3, 0.4) is 0 Å². The molecule has 0 aromatic heterocycles. The van der Waals surface area contributed by atoms with Gasteiger partial charge in [0, 0.05) is 0 Å². The van der Waals surface area contributed by atoms with Gasteiger partial charge in [0.2, 0.25) is 0 Å². The van der Waals surface area contributed by atoms with Gasteiger partial charge >= 0.3 is 0 Å². The van der Waals surface area contributed by atoms with E-state index in [1.165, 1.54) is 0 Å². The first-order valence-electron chi connectivity index (χ1n) is 2.72. The summed E-state index contributed by atoms with van der Waals surface area (Å²) in [6.45, 7) is 11.5. The van der Waals surface area contributed by atoms with Gasteiger partial charge in [0.15, 0.2) is 0 Å². The molecule has 0 aliphatic rings. The molecular weight excluding hydrogens is 112 g/mol. The van der Waals surface area contributed by atoms with Crippen LogP contribution in [0.1, 0.15) is 6.92 Å². The molecule has 0 aromatic carbocycles. The Balaban J connectivity index is 0. The van der Waals surface area contributed by atoms with Crippen LogP contribution >= 0.6 is 0 Å². The van der Waals surface area contributed by atoms with Crippen LogP contribution < -0.4 is 0 Å². The number of aliphatic hydroxyl groups is 1. The van der Waals surface area contributed by atoms with Crippen LogP contribution in [0, 0.1) is 0 Å². The highest BCUT2D eigenvalue weighted by Crippen LogP contribution is 1.87. The van der Waals surface area contributed by atoms with E-state index in [1.807, 2.05) is 13.0 Å². The number of allylic oxidation sites excluding steroid dienone is 1. The molecule has 0 fully saturated rings. The molecule has 0 spiro atoms. The van der Waals surface area contributed by atoms with E-state index in [1.54, 1.807) is 6.08 Å². The lowest BCUT2D eigenvalue weighted by Gasteiger charge is -1.85. The molecule has 0 aromatic rings. The molecule has 52 valence electrons. The number of hydrogen-bond acceptors (Lipinski definition) is 1. The summed E-state index contributed by atoms with van der Waals surface area (Å²) in [5, 5.41) is 8.32. The summed E-state index contributed by atoms with van der Waals surface area (Å²) in [6, 6.07) is 0. The maximum atomic E-state index is 8.32. The summed E-state index contributed by atoms with van der Waals surface area (Å²) in [7, 11) is 0. The van der Waals surface area contributed by atoms with Gasteiger partial charge in [0.05, 0.1) is 6.61 Å². The Kier molecular flexibility index (Phi) is 12.5. The normalized spacial score (nSPS) is 8.22. The van der Waals surface area contributed by atoms with E-state index in [2.05, 4.69) is 19.7 Å². The molecule has 0 radical (unpaired) electrons. The SMILES string of the molecule is C=C.C=C(/C=C\C)CO. The zero-order valence-electron chi connectivity index (χ0n) is 5.93. The second kappa shape index (κ2) is 10.2. The van der Waals surface area contributed by atoms with E-state index in [4.69, 9.17) is 5.11 Å². The molecule has 1 heteroatoms. The van der Waals surface area contributed by atoms with Crippen LogP contribution in [0.4, 0.5) is 0 Å². The molecule has 1 N–H and O–H groups in total. The van der Waals surface area contributed by atoms with Gasteiger partial charge in [-0.05, 0) is 12.5 Å². The summed E-state index contributed by atoms with van der Waals surface area (Å²) >= 11 is 0. The Labute approximate surface area is 57.0 Å². The fraction of sp³-hybridized carbons (Fsp3) is 0.250. The van der Waals surface area contributed by atoms with E-state index in [9.17, 15) is 0 Å². The number of rotatable bonds is 2. The van der Waals surface area contributed by atoms with Gasteiger partial charge < -0.3 is 5.11 Å². The minimum absolute atomic E-state index is 0.0599. The van der Waals surface area contributed by atoms with Crippen LogP contribution in [-0.2, 0) is 0 Å². The minimum Gasteiger partial charge on any atom is -0.392 e. The maximum Gasteiger partial charge on any atom is 0.0676 e. The van der Waals surface area contributed by atoms with E-state index in [0.717, 1.165) is 5.57 Å². The first-order chi connectivity index (χ1) is 4.31. The summed E-state index contributed by atoms with van der Waals surface area (Å²) in [5.41, 5.74) is 0.752. The van der Waals surface area contributed by atoms with Crippen molar-refractivity contribution in [3.8, 4) is 0 Å². The highest BCUT2D eigenvalue weighted by atomic mass is 16.3. The third-order valence-corrected chi connectivity index (χ3v) is 0.605. The summed E-state index contributed by atoms with van der Waals surface area (Å²) in [4.78, 5) is 0. The van der Waals surface area contributed by atoms with Crippen molar-refractivity contribution in [1.29, 1.82) is 0 Å². The zero-order chi connectivity index (χ0) is 7.70. The lowest BCUT2D eigenvalue weighted by atomic mass is 10.3. The molecular formula is C8H14O. The fourth-order valence-electron chi connectivity index (χ4n) is 0.288. The average Bonchev–Trinajstić information content (AvgIpc) is 1.93. The van der Waals surface area contributed by atoms with E-state index in [-0.39, 0.29) is 6.61 Å². The quantitative estimate of drug-likeness (QED) is 0.442. The highest BCUT2D eigenvalue weighted by molar-refractivity contribution is 5.13. The van der Waals surface area contributed by atoms with Crippen molar-refractivity contribution >= 4 is 0 Å². The summed E-state index contributed by atoms with van der Waals surface area (Å²) < 4.78 is 0. The van der Waals surface area contributed by atoms with Crippen molar-refractivity contribution in [1.82, 2.24) is 0 Å². The Hall–Kier alpha value is -0.820. The number of aliphatic hydroxyl groups excluding tert-OH is 1. The van der Waals surface area contributed by atoms with Crippen molar-refractivity contribution in [3.63, 3.8) is 0 Å². The minimum atomic E-state index is 0.0599. The fourth-order valence-corrected chi connectivity index (χ4v) is 0.288. The Morgan fingerprint density at radius 1 is 1.56 bits per heavy atom. The third kappa shape index (κ3) is 11.0. The van der Waals surface area contributed by atoms with Crippen LogP contribution in [0.2, 0.25) is 0 Å². The lowest BCUT2D eigenvalue weighted by Crippen LogP contribution is -1.80. The van der Waals surface area contributed by atoms with Gasteiger partial charge in [-0.25, -0.2) is 0 Å². The van der Waals surface area contributed by atoms with Crippen molar-refractivity contribution < 1.29 is 5.11 Å². The average molecular weight is 126 g/mol. The second-order valence-electron chi connectivity index (χ2n) is 1.32. The Bertz CT molecular complexity index is 92.7. The second-order valence-corrected chi connectivity index (χ2v) is 1.32. The van der Waals surface area contributed by atoms with Crippen LogP contribution in [0.5, 0.6) is 0 Å². The van der Waals surface area contributed by atoms with Crippen molar-refractivity contribution in [2.24, 2.45) is 0 Å². The van der Waals surface area contributed by atoms with Gasteiger partial charge in [0.1, 0.15) is 0 Å². The third-order valence-electron chi connectivity index (χ3n) is 0.605. The molecule has 0 unspecified atom stereocenters. The molecule has 0 saturated carbocycles. The first-order valence-corrected chi connectivity index (χ1v) is 2.72. The van der Waals surface area contributed by atoms with E-state index < -0.39 is 0 Å². The van der Waals surface area contributed by atoms with Crippen LogP contribution in [-0.4, -0.2) is 11.7 Å². The van der Waals surface area contributed by atoms with Crippen LogP contribution in [0.15, 0.2) is 37.5 Å². The number of hydrogen-bond donors (Lipinski definition) is 1. The summed E-state index contributed by atoms with van der Waals surface area (Å²) in [6.07, 6.45) is 3.62. The monoisotopic (exact) mass is 126 g/mol. The van der Waals surface area contributed by atoms with Crippen LogP contribution in [0.25, 0.3) is 0 Å².